The minimum Gasteiger partial charge on any atom is -0.326 e. The predicted octanol–water partition coefficient (Wildman–Crippen LogP) is 3.56. The van der Waals surface area contributed by atoms with E-state index in [1.165, 1.54) is 29.5 Å². The summed E-state index contributed by atoms with van der Waals surface area (Å²) in [6, 6.07) is 5.35. The highest BCUT2D eigenvalue weighted by molar-refractivity contribution is 9.11. The second kappa shape index (κ2) is 5.98. The fraction of sp³-hybridized carbons (Fsp3) is 0.0909. The lowest BCUT2D eigenvalue weighted by molar-refractivity contribution is 0.598. The van der Waals surface area contributed by atoms with Crippen LogP contribution in [0.1, 0.15) is 4.88 Å². The zero-order chi connectivity index (χ0) is 14.9. The molecule has 0 aliphatic carbocycles. The lowest BCUT2D eigenvalue weighted by atomic mass is 10.3. The fourth-order valence-corrected chi connectivity index (χ4v) is 5.38. The molecule has 0 amide bonds. The molecular weight excluding hydrogens is 391 g/mol. The first-order valence-electron chi connectivity index (χ1n) is 5.30. The maximum Gasteiger partial charge on any atom is 0.264 e. The van der Waals surface area contributed by atoms with Gasteiger partial charge < -0.3 is 5.73 Å². The SMILES string of the molecule is NCc1cc(S(=O)(=O)Nc2c(F)cccc2Cl)c(Br)s1. The summed E-state index contributed by atoms with van der Waals surface area (Å²) in [6.45, 7) is 0.221. The topological polar surface area (TPSA) is 72.2 Å². The summed E-state index contributed by atoms with van der Waals surface area (Å²) in [4.78, 5) is 0.694. The number of halogens is 3. The van der Waals surface area contributed by atoms with Crippen molar-refractivity contribution in [2.24, 2.45) is 5.73 Å². The molecule has 0 aliphatic rings. The lowest BCUT2D eigenvalue weighted by Crippen LogP contribution is -2.14. The number of rotatable bonds is 4. The van der Waals surface area contributed by atoms with Crippen molar-refractivity contribution >= 4 is 54.6 Å². The lowest BCUT2D eigenvalue weighted by Gasteiger charge is -2.09. The third-order valence-corrected chi connectivity index (χ3v) is 6.34. The molecule has 0 atom stereocenters. The Morgan fingerprint density at radius 1 is 1.45 bits per heavy atom. The average Bonchev–Trinajstić information content (AvgIpc) is 2.76. The number of para-hydroxylation sites is 1. The van der Waals surface area contributed by atoms with Crippen LogP contribution >= 0.6 is 38.9 Å². The van der Waals surface area contributed by atoms with E-state index in [0.29, 0.717) is 8.66 Å². The van der Waals surface area contributed by atoms with E-state index in [9.17, 15) is 12.8 Å². The molecule has 0 bridgehead atoms. The van der Waals surface area contributed by atoms with Crippen molar-refractivity contribution in [3.8, 4) is 0 Å². The molecule has 108 valence electrons. The van der Waals surface area contributed by atoms with Crippen molar-refractivity contribution in [3.05, 3.63) is 43.8 Å². The third-order valence-electron chi connectivity index (χ3n) is 2.40. The quantitative estimate of drug-likeness (QED) is 0.825. The number of anilines is 1. The molecule has 0 unspecified atom stereocenters. The normalized spacial score (nSPS) is 11.6. The Morgan fingerprint density at radius 2 is 2.15 bits per heavy atom. The van der Waals surface area contributed by atoms with Crippen LogP contribution in [0.2, 0.25) is 5.02 Å². The minimum atomic E-state index is -3.94. The summed E-state index contributed by atoms with van der Waals surface area (Å²) in [5.74, 6) is -0.744. The minimum absolute atomic E-state index is 0.00210. The van der Waals surface area contributed by atoms with E-state index >= 15 is 0 Å². The Hall–Kier alpha value is -0.670. The number of benzene rings is 1. The van der Waals surface area contributed by atoms with Crippen LogP contribution in [-0.4, -0.2) is 8.42 Å². The molecule has 3 N–H and O–H groups in total. The van der Waals surface area contributed by atoms with Gasteiger partial charge in [0.05, 0.1) is 8.81 Å². The predicted molar refractivity (Wildman–Crippen MR) is 82.1 cm³/mol. The van der Waals surface area contributed by atoms with E-state index in [2.05, 4.69) is 20.7 Å². The maximum atomic E-state index is 13.6. The Labute approximate surface area is 132 Å². The second-order valence-electron chi connectivity index (χ2n) is 3.76. The Kier molecular flexibility index (Phi) is 4.70. The van der Waals surface area contributed by atoms with Crippen LogP contribution in [0.4, 0.5) is 10.1 Å². The molecule has 0 saturated carbocycles. The Bertz CT molecular complexity index is 729. The average molecular weight is 400 g/mol. The van der Waals surface area contributed by atoms with E-state index in [0.717, 1.165) is 6.07 Å². The molecule has 0 aliphatic heterocycles. The molecular formula is C11H9BrClFN2O2S2. The molecule has 2 rings (SSSR count). The number of thiophene rings is 1. The van der Waals surface area contributed by atoms with E-state index in [-0.39, 0.29) is 22.2 Å². The van der Waals surface area contributed by atoms with Crippen molar-refractivity contribution in [1.29, 1.82) is 0 Å². The van der Waals surface area contributed by atoms with Crippen LogP contribution in [0.15, 0.2) is 32.9 Å². The Morgan fingerprint density at radius 3 is 2.70 bits per heavy atom. The van der Waals surface area contributed by atoms with Crippen LogP contribution in [0.25, 0.3) is 0 Å². The van der Waals surface area contributed by atoms with Crippen LogP contribution in [0.3, 0.4) is 0 Å². The van der Waals surface area contributed by atoms with Crippen molar-refractivity contribution in [2.45, 2.75) is 11.4 Å². The standard InChI is InChI=1S/C11H9BrClFN2O2S2/c12-11-9(4-6(5-15)19-11)20(17,18)16-10-7(13)2-1-3-8(10)14/h1-4,16H,5,15H2. The van der Waals surface area contributed by atoms with Gasteiger partial charge in [0.2, 0.25) is 0 Å². The van der Waals surface area contributed by atoms with Gasteiger partial charge in [-0.1, -0.05) is 17.7 Å². The van der Waals surface area contributed by atoms with Crippen molar-refractivity contribution in [2.75, 3.05) is 4.72 Å². The first-order chi connectivity index (χ1) is 9.35. The summed E-state index contributed by atoms with van der Waals surface area (Å²) in [7, 11) is -3.94. The van der Waals surface area contributed by atoms with Crippen molar-refractivity contribution in [1.82, 2.24) is 0 Å². The zero-order valence-electron chi connectivity index (χ0n) is 9.86. The molecule has 4 nitrogen and oxygen atoms in total. The first-order valence-corrected chi connectivity index (χ1v) is 8.77. The molecule has 0 spiro atoms. The van der Waals surface area contributed by atoms with E-state index < -0.39 is 15.8 Å². The van der Waals surface area contributed by atoms with Crippen LogP contribution in [-0.2, 0) is 16.6 Å². The maximum absolute atomic E-state index is 13.6. The summed E-state index contributed by atoms with van der Waals surface area (Å²) in [6.07, 6.45) is 0. The van der Waals surface area contributed by atoms with Gasteiger partial charge >= 0.3 is 0 Å². The summed E-state index contributed by atoms with van der Waals surface area (Å²) in [5, 5.41) is -0.0148. The molecule has 1 aromatic carbocycles. The molecule has 9 heteroatoms. The highest BCUT2D eigenvalue weighted by Crippen LogP contribution is 2.34. The molecule has 0 radical (unpaired) electrons. The summed E-state index contributed by atoms with van der Waals surface area (Å²) < 4.78 is 40.7. The number of hydrogen-bond acceptors (Lipinski definition) is 4. The number of hydrogen-bond donors (Lipinski definition) is 2. The highest BCUT2D eigenvalue weighted by Gasteiger charge is 2.23. The van der Waals surface area contributed by atoms with E-state index in [4.69, 9.17) is 17.3 Å². The van der Waals surface area contributed by atoms with Gasteiger partial charge in [0.15, 0.2) is 0 Å². The van der Waals surface area contributed by atoms with Crippen LogP contribution < -0.4 is 10.5 Å². The van der Waals surface area contributed by atoms with Crippen molar-refractivity contribution in [3.63, 3.8) is 0 Å². The number of nitrogens with two attached hydrogens (primary N) is 1. The largest absolute Gasteiger partial charge is 0.326 e. The molecule has 2 aromatic rings. The highest BCUT2D eigenvalue weighted by atomic mass is 79.9. The Balaban J connectivity index is 2.43. The van der Waals surface area contributed by atoms with Gasteiger partial charge in [-0.3, -0.25) is 4.72 Å². The first kappa shape index (κ1) is 15.7. The summed E-state index contributed by atoms with van der Waals surface area (Å²) >= 11 is 10.2. The molecule has 0 fully saturated rings. The van der Waals surface area contributed by atoms with Gasteiger partial charge in [0.1, 0.15) is 16.4 Å². The van der Waals surface area contributed by atoms with Gasteiger partial charge in [-0.05, 0) is 34.1 Å². The number of sulfonamides is 1. The van der Waals surface area contributed by atoms with Gasteiger partial charge in [0, 0.05) is 11.4 Å². The molecule has 1 heterocycles. The van der Waals surface area contributed by atoms with Crippen LogP contribution in [0.5, 0.6) is 0 Å². The van der Waals surface area contributed by atoms with E-state index in [1.807, 2.05) is 0 Å². The van der Waals surface area contributed by atoms with Gasteiger partial charge in [-0.2, -0.15) is 0 Å². The molecule has 1 aromatic heterocycles. The zero-order valence-corrected chi connectivity index (χ0v) is 13.8. The second-order valence-corrected chi connectivity index (χ2v) is 8.27. The third kappa shape index (κ3) is 3.15. The molecule has 0 saturated heterocycles. The van der Waals surface area contributed by atoms with Gasteiger partial charge in [-0.25, -0.2) is 12.8 Å². The smallest absolute Gasteiger partial charge is 0.264 e. The van der Waals surface area contributed by atoms with Crippen LogP contribution in [0, 0.1) is 5.82 Å². The van der Waals surface area contributed by atoms with Crippen molar-refractivity contribution < 1.29 is 12.8 Å². The van der Waals surface area contributed by atoms with Gasteiger partial charge in [0.25, 0.3) is 10.0 Å². The molecule has 20 heavy (non-hydrogen) atoms. The van der Waals surface area contributed by atoms with E-state index in [1.54, 1.807) is 0 Å². The monoisotopic (exact) mass is 398 g/mol. The number of nitrogens with one attached hydrogen (secondary N) is 1. The summed E-state index contributed by atoms with van der Waals surface area (Å²) in [5.41, 5.74) is 5.19. The van der Waals surface area contributed by atoms with Gasteiger partial charge in [-0.15, -0.1) is 11.3 Å². The fourth-order valence-electron chi connectivity index (χ4n) is 1.47.